The molecule has 86 valence electrons. The normalized spacial score (nSPS) is 32.8. The van der Waals surface area contributed by atoms with E-state index < -0.39 is 0 Å². The van der Waals surface area contributed by atoms with Gasteiger partial charge in [0.15, 0.2) is 0 Å². The third-order valence-corrected chi connectivity index (χ3v) is 4.25. The van der Waals surface area contributed by atoms with Crippen molar-refractivity contribution in [3.8, 4) is 0 Å². The van der Waals surface area contributed by atoms with Crippen LogP contribution < -0.4 is 5.73 Å². The summed E-state index contributed by atoms with van der Waals surface area (Å²) in [6, 6.07) is 6.78. The Morgan fingerprint density at radius 2 is 2.19 bits per heavy atom. The summed E-state index contributed by atoms with van der Waals surface area (Å²) in [7, 11) is 0. The number of nitrogens with zero attached hydrogens (tertiary/aromatic N) is 1. The maximum Gasteiger partial charge on any atom is 0.0328 e. The minimum atomic E-state index is 0.180. The van der Waals surface area contributed by atoms with Gasteiger partial charge in [-0.1, -0.05) is 18.2 Å². The van der Waals surface area contributed by atoms with Crippen molar-refractivity contribution in [1.29, 1.82) is 0 Å². The van der Waals surface area contributed by atoms with E-state index in [4.69, 9.17) is 5.73 Å². The number of hydrogen-bond acceptors (Lipinski definition) is 2. The highest BCUT2D eigenvalue weighted by Crippen LogP contribution is 2.47. The van der Waals surface area contributed by atoms with Gasteiger partial charge in [-0.25, -0.2) is 0 Å². The van der Waals surface area contributed by atoms with Gasteiger partial charge < -0.3 is 5.73 Å². The number of aryl methyl sites for hydroxylation is 2. The average Bonchev–Trinajstić information content (AvgIpc) is 2.72. The molecule has 3 rings (SSSR count). The summed E-state index contributed by atoms with van der Waals surface area (Å²) in [5.74, 6) is 0.777. The van der Waals surface area contributed by atoms with Crippen molar-refractivity contribution in [1.82, 2.24) is 4.90 Å². The van der Waals surface area contributed by atoms with Gasteiger partial charge in [0.25, 0.3) is 0 Å². The van der Waals surface area contributed by atoms with E-state index in [0.717, 1.165) is 19.0 Å². The summed E-state index contributed by atoms with van der Waals surface area (Å²) in [5, 5.41) is 0. The summed E-state index contributed by atoms with van der Waals surface area (Å²) in [6.07, 6.45) is 1.25. The van der Waals surface area contributed by atoms with Crippen LogP contribution in [-0.4, -0.2) is 23.5 Å². The smallest absolute Gasteiger partial charge is 0.0328 e. The molecule has 1 aliphatic heterocycles. The van der Waals surface area contributed by atoms with Crippen molar-refractivity contribution >= 4 is 0 Å². The lowest BCUT2D eigenvalue weighted by Crippen LogP contribution is -2.32. The molecule has 0 aromatic heterocycles. The van der Waals surface area contributed by atoms with Crippen molar-refractivity contribution in [2.24, 2.45) is 11.7 Å². The summed E-state index contributed by atoms with van der Waals surface area (Å²) >= 11 is 0. The molecule has 0 unspecified atom stereocenters. The van der Waals surface area contributed by atoms with E-state index in [1.807, 2.05) is 0 Å². The van der Waals surface area contributed by atoms with E-state index >= 15 is 0 Å². The van der Waals surface area contributed by atoms with E-state index in [1.54, 1.807) is 0 Å². The zero-order valence-corrected chi connectivity index (χ0v) is 10.2. The predicted octanol–water partition coefficient (Wildman–Crippen LogP) is 1.84. The Morgan fingerprint density at radius 3 is 2.81 bits per heavy atom. The maximum atomic E-state index is 6.21. The van der Waals surface area contributed by atoms with Crippen LogP contribution in [0, 0.1) is 19.8 Å². The van der Waals surface area contributed by atoms with Gasteiger partial charge in [-0.2, -0.15) is 0 Å². The number of piperidine rings is 1. The van der Waals surface area contributed by atoms with Crippen LogP contribution in [0.2, 0.25) is 0 Å². The van der Waals surface area contributed by atoms with E-state index in [0.29, 0.717) is 0 Å². The molecule has 1 aliphatic carbocycles. The Balaban J connectivity index is 1.68. The van der Waals surface area contributed by atoms with Crippen LogP contribution in [0.4, 0.5) is 0 Å². The first kappa shape index (κ1) is 10.3. The largest absolute Gasteiger partial charge is 0.324 e. The van der Waals surface area contributed by atoms with Crippen molar-refractivity contribution in [2.45, 2.75) is 32.4 Å². The number of likely N-dealkylation sites (tertiary alicyclic amines) is 1. The molecule has 1 heterocycles. The molecule has 2 aliphatic rings. The van der Waals surface area contributed by atoms with Gasteiger partial charge in [0.2, 0.25) is 0 Å². The van der Waals surface area contributed by atoms with E-state index in [-0.39, 0.29) is 5.54 Å². The fourth-order valence-corrected chi connectivity index (χ4v) is 2.91. The monoisotopic (exact) mass is 216 g/mol. The molecular weight excluding hydrogens is 196 g/mol. The third-order valence-electron chi connectivity index (χ3n) is 4.25. The van der Waals surface area contributed by atoms with Crippen molar-refractivity contribution in [3.05, 3.63) is 34.9 Å². The topological polar surface area (TPSA) is 29.3 Å². The molecule has 0 radical (unpaired) electrons. The second kappa shape index (κ2) is 3.31. The summed E-state index contributed by atoms with van der Waals surface area (Å²) in [5.41, 5.74) is 10.6. The Labute approximate surface area is 97.4 Å². The number of rotatable bonds is 2. The van der Waals surface area contributed by atoms with Crippen LogP contribution in [0.25, 0.3) is 0 Å². The predicted molar refractivity (Wildman–Crippen MR) is 66.2 cm³/mol. The van der Waals surface area contributed by atoms with Crippen molar-refractivity contribution < 1.29 is 0 Å². The summed E-state index contributed by atoms with van der Waals surface area (Å²) in [6.45, 7) is 7.70. The molecular formula is C14H20N2. The molecule has 2 N–H and O–H groups in total. The molecule has 1 aromatic carbocycles. The van der Waals surface area contributed by atoms with E-state index in [1.165, 1.54) is 29.7 Å². The van der Waals surface area contributed by atoms with E-state index in [2.05, 4.69) is 36.9 Å². The van der Waals surface area contributed by atoms with Crippen molar-refractivity contribution in [3.63, 3.8) is 0 Å². The first-order chi connectivity index (χ1) is 7.57. The standard InChI is InChI=1S/C14H20N2/c1-10-3-4-12(5-11(10)2)7-16-8-13-6-14(13,15)9-16/h3-5,13H,6-9,15H2,1-2H3/t13-,14+/m0/s1. The second-order valence-electron chi connectivity index (χ2n) is 5.72. The average molecular weight is 216 g/mol. The SMILES string of the molecule is Cc1ccc(CN2C[C@@H]3C[C@@]3(N)C2)cc1C. The van der Waals surface area contributed by atoms with Gasteiger partial charge in [-0.3, -0.25) is 4.90 Å². The Morgan fingerprint density at radius 1 is 1.38 bits per heavy atom. The third kappa shape index (κ3) is 1.66. The van der Waals surface area contributed by atoms with Crippen LogP contribution in [0.3, 0.4) is 0 Å². The van der Waals surface area contributed by atoms with Gasteiger partial charge in [-0.05, 0) is 42.9 Å². The molecule has 16 heavy (non-hydrogen) atoms. The molecule has 2 atom stereocenters. The van der Waals surface area contributed by atoms with Crippen molar-refractivity contribution in [2.75, 3.05) is 13.1 Å². The lowest BCUT2D eigenvalue weighted by Gasteiger charge is -2.19. The molecule has 0 amide bonds. The molecule has 2 heteroatoms. The second-order valence-corrected chi connectivity index (χ2v) is 5.72. The first-order valence-corrected chi connectivity index (χ1v) is 6.14. The van der Waals surface area contributed by atoms with E-state index in [9.17, 15) is 0 Å². The molecule has 1 saturated carbocycles. The number of benzene rings is 1. The summed E-state index contributed by atoms with van der Waals surface area (Å²) in [4.78, 5) is 2.50. The lowest BCUT2D eigenvalue weighted by molar-refractivity contribution is 0.290. The van der Waals surface area contributed by atoms with Gasteiger partial charge >= 0.3 is 0 Å². The minimum Gasteiger partial charge on any atom is -0.324 e. The van der Waals surface area contributed by atoms with Crippen LogP contribution >= 0.6 is 0 Å². The van der Waals surface area contributed by atoms with Gasteiger partial charge in [0.05, 0.1) is 0 Å². The number of nitrogens with two attached hydrogens (primary N) is 1. The molecule has 2 fully saturated rings. The molecule has 1 saturated heterocycles. The van der Waals surface area contributed by atoms with Gasteiger partial charge in [-0.15, -0.1) is 0 Å². The van der Waals surface area contributed by atoms with Crippen LogP contribution in [0.15, 0.2) is 18.2 Å². The Bertz CT molecular complexity index is 427. The highest BCUT2D eigenvalue weighted by Gasteiger charge is 2.56. The molecule has 0 bridgehead atoms. The minimum absolute atomic E-state index is 0.180. The van der Waals surface area contributed by atoms with Gasteiger partial charge in [0.1, 0.15) is 0 Å². The van der Waals surface area contributed by atoms with Crippen LogP contribution in [0.1, 0.15) is 23.1 Å². The summed E-state index contributed by atoms with van der Waals surface area (Å²) < 4.78 is 0. The number of fused-ring (bicyclic) bond motifs is 1. The highest BCUT2D eigenvalue weighted by atomic mass is 15.2. The molecule has 2 nitrogen and oxygen atoms in total. The fraction of sp³-hybridized carbons (Fsp3) is 0.571. The zero-order chi connectivity index (χ0) is 11.3. The quantitative estimate of drug-likeness (QED) is 0.817. The fourth-order valence-electron chi connectivity index (χ4n) is 2.91. The first-order valence-electron chi connectivity index (χ1n) is 6.14. The maximum absolute atomic E-state index is 6.21. The molecule has 1 aromatic rings. The number of hydrogen-bond donors (Lipinski definition) is 1. The Kier molecular flexibility index (Phi) is 2.13. The molecule has 0 spiro atoms. The zero-order valence-electron chi connectivity index (χ0n) is 10.2. The highest BCUT2D eigenvalue weighted by molar-refractivity contribution is 5.30. The Hall–Kier alpha value is -0.860. The lowest BCUT2D eigenvalue weighted by atomic mass is 10.1. The van der Waals surface area contributed by atoms with Crippen LogP contribution in [-0.2, 0) is 6.54 Å². The van der Waals surface area contributed by atoms with Crippen LogP contribution in [0.5, 0.6) is 0 Å². The van der Waals surface area contributed by atoms with Gasteiger partial charge in [0, 0.05) is 25.2 Å².